The molecule has 6 atom stereocenters. The van der Waals surface area contributed by atoms with Crippen LogP contribution in [-0.2, 0) is 10.8 Å². The van der Waals surface area contributed by atoms with Gasteiger partial charge in [-0.15, -0.1) is 0 Å². The Hall–Kier alpha value is -5.61. The maximum Gasteiger partial charge on any atom is 0.164 e. The number of fused-ring (bicyclic) bond motifs is 11. The Morgan fingerprint density at radius 1 is 0.509 bits per heavy atom. The molecule has 4 saturated carbocycles. The average Bonchev–Trinajstić information content (AvgIpc) is 3.79. The van der Waals surface area contributed by atoms with Crippen molar-refractivity contribution in [1.29, 1.82) is 0 Å². The van der Waals surface area contributed by atoms with Gasteiger partial charge in [-0.05, 0) is 107 Å². The molecule has 4 heteroatoms. The Morgan fingerprint density at radius 3 is 2.04 bits per heavy atom. The third-order valence-electron chi connectivity index (χ3n) is 14.6. The zero-order chi connectivity index (χ0) is 34.5. The first-order chi connectivity index (χ1) is 26.2. The summed E-state index contributed by atoms with van der Waals surface area (Å²) < 4.78 is 6.90. The molecule has 0 amide bonds. The van der Waals surface area contributed by atoms with Crippen LogP contribution in [0.15, 0.2) is 133 Å². The van der Waals surface area contributed by atoms with Gasteiger partial charge in [-0.1, -0.05) is 121 Å². The van der Waals surface area contributed by atoms with E-state index >= 15 is 0 Å². The largest absolute Gasteiger partial charge is 0.457 e. The van der Waals surface area contributed by atoms with Gasteiger partial charge in [0, 0.05) is 27.7 Å². The highest BCUT2D eigenvalue weighted by Gasteiger charge is 2.66. The van der Waals surface area contributed by atoms with E-state index < -0.39 is 5.41 Å². The number of aromatic nitrogens is 3. The summed E-state index contributed by atoms with van der Waals surface area (Å²) >= 11 is 0. The molecule has 2 heterocycles. The Bertz CT molecular complexity index is 2660. The van der Waals surface area contributed by atoms with Gasteiger partial charge in [-0.3, -0.25) is 0 Å². The van der Waals surface area contributed by atoms with Gasteiger partial charge in [0.2, 0.25) is 0 Å². The van der Waals surface area contributed by atoms with E-state index in [-0.39, 0.29) is 5.41 Å². The Morgan fingerprint density at radius 2 is 1.17 bits per heavy atom. The number of hydrogen-bond acceptors (Lipinski definition) is 4. The highest BCUT2D eigenvalue weighted by Crippen LogP contribution is 2.72. The lowest BCUT2D eigenvalue weighted by Gasteiger charge is -2.51. The van der Waals surface area contributed by atoms with Crippen molar-refractivity contribution in [3.05, 3.63) is 162 Å². The average molecular weight is 684 g/mol. The van der Waals surface area contributed by atoms with Crippen LogP contribution in [0.1, 0.15) is 60.2 Å². The molecular weight excluding hydrogens is 647 g/mol. The molecule has 53 heavy (non-hydrogen) atoms. The molecule has 13 rings (SSSR count). The first kappa shape index (κ1) is 28.9. The number of rotatable bonds is 3. The number of para-hydroxylation sites is 1. The molecule has 5 aliphatic carbocycles. The van der Waals surface area contributed by atoms with Gasteiger partial charge in [0.1, 0.15) is 17.3 Å². The van der Waals surface area contributed by atoms with Gasteiger partial charge in [-0.2, -0.15) is 0 Å². The van der Waals surface area contributed by atoms with E-state index in [0.29, 0.717) is 0 Å². The molecule has 1 aromatic heterocycles. The van der Waals surface area contributed by atoms with Crippen LogP contribution in [0.5, 0.6) is 11.5 Å². The van der Waals surface area contributed by atoms with E-state index in [1.54, 1.807) is 0 Å². The molecule has 254 valence electrons. The molecule has 2 bridgehead atoms. The lowest BCUT2D eigenvalue weighted by atomic mass is 9.53. The zero-order valence-electron chi connectivity index (χ0n) is 29.4. The lowest BCUT2D eigenvalue weighted by molar-refractivity contribution is 0.00135. The SMILES string of the molecule is c1ccc2c(c1)Oc1cc(-c3nc(-c4cccc5ccccc45)nc(C45CC6C[C@@H]7C[C@@H](C4)[C@@H]7C6C5)n3)ccc1C21c2ccccc2-c2ccccc21. The summed E-state index contributed by atoms with van der Waals surface area (Å²) in [6.45, 7) is 0. The highest BCUT2D eigenvalue weighted by molar-refractivity contribution is 5.95. The maximum absolute atomic E-state index is 6.90. The molecule has 3 unspecified atom stereocenters. The lowest BCUT2D eigenvalue weighted by Crippen LogP contribution is -2.46. The molecule has 0 N–H and O–H groups in total. The summed E-state index contributed by atoms with van der Waals surface area (Å²) in [7, 11) is 0. The van der Waals surface area contributed by atoms with Crippen molar-refractivity contribution in [2.24, 2.45) is 29.6 Å². The fraction of sp³-hybridized carbons (Fsp3) is 0.245. The minimum Gasteiger partial charge on any atom is -0.457 e. The van der Waals surface area contributed by atoms with Crippen molar-refractivity contribution >= 4 is 10.8 Å². The van der Waals surface area contributed by atoms with Gasteiger partial charge < -0.3 is 4.74 Å². The monoisotopic (exact) mass is 683 g/mol. The molecular formula is C49H37N3O. The molecule has 1 spiro atoms. The highest BCUT2D eigenvalue weighted by atomic mass is 16.5. The summed E-state index contributed by atoms with van der Waals surface area (Å²) in [6, 6.07) is 48.2. The third-order valence-corrected chi connectivity index (χ3v) is 14.6. The Balaban J connectivity index is 1.03. The summed E-state index contributed by atoms with van der Waals surface area (Å²) in [5.41, 5.74) is 9.07. The zero-order valence-corrected chi connectivity index (χ0v) is 29.4. The van der Waals surface area contributed by atoms with Crippen LogP contribution in [0.4, 0.5) is 0 Å². The molecule has 1 aliphatic heterocycles. The Kier molecular flexibility index (Phi) is 5.50. The van der Waals surface area contributed by atoms with Crippen LogP contribution in [-0.4, -0.2) is 15.0 Å². The van der Waals surface area contributed by atoms with Crippen molar-refractivity contribution < 1.29 is 4.74 Å². The molecule has 0 radical (unpaired) electrons. The molecule has 7 aromatic rings. The van der Waals surface area contributed by atoms with Crippen molar-refractivity contribution in [3.63, 3.8) is 0 Å². The summed E-state index contributed by atoms with van der Waals surface area (Å²) in [5.74, 6) is 8.72. The second-order valence-corrected chi connectivity index (χ2v) is 16.9. The Labute approximate surface area is 309 Å². The van der Waals surface area contributed by atoms with Gasteiger partial charge in [0.15, 0.2) is 11.6 Å². The fourth-order valence-electron chi connectivity index (χ4n) is 12.7. The third kappa shape index (κ3) is 3.64. The van der Waals surface area contributed by atoms with Gasteiger partial charge in [0.25, 0.3) is 0 Å². The molecule has 6 aromatic carbocycles. The van der Waals surface area contributed by atoms with E-state index in [0.717, 1.165) is 75.3 Å². The predicted octanol–water partition coefficient (Wildman–Crippen LogP) is 11.2. The molecule has 6 aliphatic rings. The van der Waals surface area contributed by atoms with E-state index in [9.17, 15) is 0 Å². The fourth-order valence-corrected chi connectivity index (χ4v) is 12.7. The molecule has 4 nitrogen and oxygen atoms in total. The summed E-state index contributed by atoms with van der Waals surface area (Å²) in [5, 5.41) is 2.38. The number of hydrogen-bond donors (Lipinski definition) is 0. The second-order valence-electron chi connectivity index (χ2n) is 16.9. The molecule has 4 fully saturated rings. The first-order valence-electron chi connectivity index (χ1n) is 19.5. The van der Waals surface area contributed by atoms with Gasteiger partial charge in [0.05, 0.1) is 5.41 Å². The number of nitrogens with zero attached hydrogens (tertiary/aromatic N) is 3. The van der Waals surface area contributed by atoms with Gasteiger partial charge >= 0.3 is 0 Å². The summed E-state index contributed by atoms with van der Waals surface area (Å²) in [4.78, 5) is 16.3. The van der Waals surface area contributed by atoms with E-state index in [1.165, 1.54) is 70.7 Å². The first-order valence-corrected chi connectivity index (χ1v) is 19.5. The summed E-state index contributed by atoms with van der Waals surface area (Å²) in [6.07, 6.45) is 6.51. The second kappa shape index (κ2) is 10.1. The number of benzene rings is 6. The van der Waals surface area contributed by atoms with Gasteiger partial charge in [-0.25, -0.2) is 15.0 Å². The topological polar surface area (TPSA) is 47.9 Å². The minimum absolute atomic E-state index is 0.0316. The van der Waals surface area contributed by atoms with E-state index in [4.69, 9.17) is 19.7 Å². The normalized spacial score (nSPS) is 27.1. The number of ether oxygens (including phenoxy) is 1. The van der Waals surface area contributed by atoms with Crippen molar-refractivity contribution in [3.8, 4) is 45.4 Å². The van der Waals surface area contributed by atoms with Crippen molar-refractivity contribution in [2.45, 2.75) is 42.9 Å². The maximum atomic E-state index is 6.90. The smallest absolute Gasteiger partial charge is 0.164 e. The van der Waals surface area contributed by atoms with Crippen molar-refractivity contribution in [1.82, 2.24) is 15.0 Å². The van der Waals surface area contributed by atoms with Crippen LogP contribution >= 0.6 is 0 Å². The quantitative estimate of drug-likeness (QED) is 0.186. The minimum atomic E-state index is -0.492. The van der Waals surface area contributed by atoms with E-state index in [1.807, 2.05) is 0 Å². The van der Waals surface area contributed by atoms with Crippen molar-refractivity contribution in [2.75, 3.05) is 0 Å². The van der Waals surface area contributed by atoms with Crippen LogP contribution in [0.3, 0.4) is 0 Å². The van der Waals surface area contributed by atoms with Crippen LogP contribution < -0.4 is 4.74 Å². The standard InChI is InChI=1S/C49H37N3O/c1-2-12-33-28(10-1)11-9-15-36(33)46-50-45(51-47(52-46)48-25-31-22-30-23-32(26-48)44(30)37(31)27-48)29-20-21-41-43(24-29)53-42-19-8-7-18-40(42)49(41)38-16-5-3-13-34(38)35-14-4-6-17-39(35)49/h1-21,24,30-32,37,44H,22-23,25-27H2/t30-,31?,32+,37?,44-,48?/m1/s1. The predicted molar refractivity (Wildman–Crippen MR) is 208 cm³/mol. The molecule has 0 saturated heterocycles. The van der Waals surface area contributed by atoms with Crippen LogP contribution in [0.25, 0.3) is 44.7 Å². The van der Waals surface area contributed by atoms with E-state index in [2.05, 4.69) is 133 Å². The van der Waals surface area contributed by atoms with Crippen LogP contribution in [0.2, 0.25) is 0 Å². The van der Waals surface area contributed by atoms with Crippen LogP contribution in [0, 0.1) is 29.6 Å².